The van der Waals surface area contributed by atoms with Crippen molar-refractivity contribution < 1.29 is 4.74 Å². The summed E-state index contributed by atoms with van der Waals surface area (Å²) in [6.45, 7) is 4.66. The Morgan fingerprint density at radius 2 is 1.77 bits per heavy atom. The summed E-state index contributed by atoms with van der Waals surface area (Å²) in [4.78, 5) is 0. The first-order valence-corrected chi connectivity index (χ1v) is 9.37. The van der Waals surface area contributed by atoms with Gasteiger partial charge in [0.1, 0.15) is 11.9 Å². The van der Waals surface area contributed by atoms with Crippen LogP contribution in [0.15, 0.2) is 66.2 Å². The van der Waals surface area contributed by atoms with Crippen molar-refractivity contribution in [2.45, 2.75) is 31.3 Å². The van der Waals surface area contributed by atoms with Gasteiger partial charge in [0.15, 0.2) is 0 Å². The van der Waals surface area contributed by atoms with Crippen molar-refractivity contribution in [1.29, 1.82) is 0 Å². The van der Waals surface area contributed by atoms with E-state index < -0.39 is 0 Å². The van der Waals surface area contributed by atoms with Crippen molar-refractivity contribution in [3.63, 3.8) is 0 Å². The van der Waals surface area contributed by atoms with Gasteiger partial charge in [0.2, 0.25) is 0 Å². The summed E-state index contributed by atoms with van der Waals surface area (Å²) in [7, 11) is 0. The average Bonchev–Trinajstić information content (AvgIpc) is 2.66. The van der Waals surface area contributed by atoms with E-state index in [1.807, 2.05) is 0 Å². The first-order chi connectivity index (χ1) is 12.6. The molecule has 0 radical (unpaired) electrons. The minimum Gasteiger partial charge on any atom is -0.485 e. The molecule has 2 aliphatic carbocycles. The number of hydrogen-bond donors (Lipinski definition) is 0. The molecule has 0 bridgehead atoms. The van der Waals surface area contributed by atoms with E-state index in [-0.39, 0.29) is 17.4 Å². The van der Waals surface area contributed by atoms with Gasteiger partial charge in [-0.1, -0.05) is 80.6 Å². The predicted molar refractivity (Wildman–Crippen MR) is 108 cm³/mol. The second kappa shape index (κ2) is 4.67. The van der Waals surface area contributed by atoms with Crippen LogP contribution in [0.3, 0.4) is 0 Å². The van der Waals surface area contributed by atoms with Crippen LogP contribution in [-0.2, 0) is 5.41 Å². The molecule has 0 amide bonds. The van der Waals surface area contributed by atoms with E-state index in [2.05, 4.69) is 86.7 Å². The SMILES string of the molecule is CC1(C)C2=Cc3ccc4cccc5c4c3C(C=C5)C2Oc2ccccc21. The van der Waals surface area contributed by atoms with Gasteiger partial charge in [-0.05, 0) is 39.1 Å². The molecule has 1 heteroatoms. The van der Waals surface area contributed by atoms with E-state index in [9.17, 15) is 0 Å². The molecule has 26 heavy (non-hydrogen) atoms. The zero-order valence-electron chi connectivity index (χ0n) is 15.0. The number of hydrogen-bond acceptors (Lipinski definition) is 1. The maximum Gasteiger partial charge on any atom is 0.131 e. The van der Waals surface area contributed by atoms with Crippen LogP contribution in [-0.4, -0.2) is 6.10 Å². The minimum atomic E-state index is -0.0308. The molecule has 3 aromatic carbocycles. The molecule has 0 saturated carbocycles. The summed E-state index contributed by atoms with van der Waals surface area (Å²) in [5.74, 6) is 1.30. The third-order valence-corrected chi connectivity index (χ3v) is 6.45. The van der Waals surface area contributed by atoms with Gasteiger partial charge < -0.3 is 4.74 Å². The Labute approximate surface area is 153 Å². The van der Waals surface area contributed by atoms with Crippen LogP contribution in [0.4, 0.5) is 0 Å². The quantitative estimate of drug-likeness (QED) is 0.483. The molecular formula is C25H20O. The summed E-state index contributed by atoms with van der Waals surface area (Å²) in [5.41, 5.74) is 6.75. The van der Waals surface area contributed by atoms with Crippen LogP contribution in [0.1, 0.15) is 42.0 Å². The highest BCUT2D eigenvalue weighted by Crippen LogP contribution is 2.53. The zero-order valence-corrected chi connectivity index (χ0v) is 15.0. The Kier molecular flexibility index (Phi) is 2.59. The zero-order chi connectivity index (χ0) is 17.5. The van der Waals surface area contributed by atoms with Crippen molar-refractivity contribution in [2.24, 2.45) is 0 Å². The van der Waals surface area contributed by atoms with E-state index in [4.69, 9.17) is 4.74 Å². The van der Waals surface area contributed by atoms with E-state index >= 15 is 0 Å². The van der Waals surface area contributed by atoms with Crippen molar-refractivity contribution in [2.75, 3.05) is 0 Å². The van der Waals surface area contributed by atoms with Gasteiger partial charge in [-0.25, -0.2) is 0 Å². The molecule has 2 atom stereocenters. The third kappa shape index (κ3) is 1.66. The predicted octanol–water partition coefficient (Wildman–Crippen LogP) is 6.09. The maximum absolute atomic E-state index is 6.59. The Bertz CT molecular complexity index is 1150. The Morgan fingerprint density at radius 3 is 2.69 bits per heavy atom. The lowest BCUT2D eigenvalue weighted by Gasteiger charge is -2.46. The molecule has 3 aliphatic rings. The molecule has 3 aromatic rings. The summed E-state index contributed by atoms with van der Waals surface area (Å²) in [6.07, 6.45) is 7.09. The van der Waals surface area contributed by atoms with Crippen LogP contribution < -0.4 is 4.74 Å². The summed E-state index contributed by atoms with van der Waals surface area (Å²) in [5, 5.41) is 2.72. The molecule has 0 saturated heterocycles. The topological polar surface area (TPSA) is 9.23 Å². The van der Waals surface area contributed by atoms with Gasteiger partial charge in [-0.15, -0.1) is 0 Å². The highest BCUT2D eigenvalue weighted by Gasteiger charge is 2.45. The van der Waals surface area contributed by atoms with E-state index in [0.29, 0.717) is 0 Å². The second-order valence-corrected chi connectivity index (χ2v) is 8.16. The Hall–Kier alpha value is -2.80. The van der Waals surface area contributed by atoms with E-state index in [0.717, 1.165) is 5.75 Å². The Balaban J connectivity index is 1.68. The molecule has 1 heterocycles. The normalized spacial score (nSPS) is 23.7. The van der Waals surface area contributed by atoms with Crippen molar-refractivity contribution in [1.82, 2.24) is 0 Å². The highest BCUT2D eigenvalue weighted by atomic mass is 16.5. The van der Waals surface area contributed by atoms with Crippen molar-refractivity contribution in [3.8, 4) is 5.75 Å². The van der Waals surface area contributed by atoms with Crippen molar-refractivity contribution in [3.05, 3.63) is 88.5 Å². The number of ether oxygens (including phenoxy) is 1. The summed E-state index contributed by atoms with van der Waals surface area (Å²) < 4.78 is 6.59. The number of benzene rings is 3. The summed E-state index contributed by atoms with van der Waals surface area (Å²) >= 11 is 0. The maximum atomic E-state index is 6.59. The lowest BCUT2D eigenvalue weighted by atomic mass is 9.65. The number of fused-ring (bicyclic) bond motifs is 3. The number of rotatable bonds is 0. The first kappa shape index (κ1) is 14.4. The second-order valence-electron chi connectivity index (χ2n) is 8.16. The van der Waals surface area contributed by atoms with Crippen LogP contribution in [0, 0.1) is 0 Å². The fraction of sp³-hybridized carbons (Fsp3) is 0.200. The molecule has 6 rings (SSSR count). The molecule has 2 unspecified atom stereocenters. The molecular weight excluding hydrogens is 316 g/mol. The van der Waals surface area contributed by atoms with Crippen LogP contribution >= 0.6 is 0 Å². The molecule has 126 valence electrons. The molecule has 1 aliphatic heterocycles. The van der Waals surface area contributed by atoms with Gasteiger partial charge in [-0.3, -0.25) is 0 Å². The standard InChI is InChI=1S/C25H20O/c1-25(2)19-8-3-4-9-21(19)26-24-18-13-12-16-7-5-6-15-10-11-17(14-20(24)25)23(18)22(15)16/h3-14,18,24H,1-2H3. The van der Waals surface area contributed by atoms with E-state index in [1.54, 1.807) is 0 Å². The van der Waals surface area contributed by atoms with Gasteiger partial charge in [0.25, 0.3) is 0 Å². The average molecular weight is 336 g/mol. The lowest BCUT2D eigenvalue weighted by molar-refractivity contribution is 0.181. The molecule has 0 fully saturated rings. The summed E-state index contributed by atoms with van der Waals surface area (Å²) in [6, 6.07) is 19.6. The largest absolute Gasteiger partial charge is 0.485 e. The third-order valence-electron chi connectivity index (χ3n) is 6.45. The van der Waals surface area contributed by atoms with Gasteiger partial charge in [0.05, 0.1) is 0 Å². The highest BCUT2D eigenvalue weighted by molar-refractivity contribution is 5.99. The molecule has 0 aromatic heterocycles. The Morgan fingerprint density at radius 1 is 0.885 bits per heavy atom. The van der Waals surface area contributed by atoms with Gasteiger partial charge in [-0.2, -0.15) is 0 Å². The lowest BCUT2D eigenvalue weighted by Crippen LogP contribution is -2.42. The fourth-order valence-electron chi connectivity index (χ4n) is 5.13. The van der Waals surface area contributed by atoms with Crippen LogP contribution in [0.5, 0.6) is 5.75 Å². The minimum absolute atomic E-state index is 0.0308. The van der Waals surface area contributed by atoms with Crippen molar-refractivity contribution >= 4 is 22.9 Å². The van der Waals surface area contributed by atoms with Gasteiger partial charge >= 0.3 is 0 Å². The molecule has 0 N–H and O–H groups in total. The fourth-order valence-corrected chi connectivity index (χ4v) is 5.13. The monoisotopic (exact) mass is 336 g/mol. The van der Waals surface area contributed by atoms with Crippen LogP contribution in [0.2, 0.25) is 0 Å². The number of para-hydroxylation sites is 1. The smallest absolute Gasteiger partial charge is 0.131 e. The van der Waals surface area contributed by atoms with Gasteiger partial charge in [0, 0.05) is 16.9 Å². The van der Waals surface area contributed by atoms with Crippen LogP contribution in [0.25, 0.3) is 22.9 Å². The first-order valence-electron chi connectivity index (χ1n) is 9.37. The molecule has 1 nitrogen and oxygen atoms in total. The molecule has 0 spiro atoms. The van der Waals surface area contributed by atoms with E-state index in [1.165, 1.54) is 38.6 Å².